The van der Waals surface area contributed by atoms with Gasteiger partial charge in [0.25, 0.3) is 6.43 Å². The van der Waals surface area contributed by atoms with E-state index in [1.165, 1.54) is 0 Å². The van der Waals surface area contributed by atoms with Gasteiger partial charge in [-0.05, 0) is 12.3 Å². The number of piperidine rings is 1. The number of nitrogens with zero attached hydrogens (tertiary/aromatic N) is 1. The van der Waals surface area contributed by atoms with Crippen molar-refractivity contribution in [1.29, 1.82) is 0 Å². The summed E-state index contributed by atoms with van der Waals surface area (Å²) in [6.07, 6.45) is -2.15. The Balaban J connectivity index is 2.19. The van der Waals surface area contributed by atoms with Crippen molar-refractivity contribution in [3.63, 3.8) is 0 Å². The third-order valence-electron chi connectivity index (χ3n) is 2.92. The predicted molar refractivity (Wildman–Crippen MR) is 57.8 cm³/mol. The molecule has 1 fully saturated rings. The van der Waals surface area contributed by atoms with Gasteiger partial charge in [0.05, 0.1) is 19.1 Å². The van der Waals surface area contributed by atoms with Crippen molar-refractivity contribution >= 4 is 5.91 Å². The number of rotatable bonds is 5. The van der Waals surface area contributed by atoms with Gasteiger partial charge in [0.1, 0.15) is 6.61 Å². The molecule has 1 aliphatic heterocycles. The average molecular weight is 251 g/mol. The third-order valence-corrected chi connectivity index (χ3v) is 2.92. The van der Waals surface area contributed by atoms with E-state index in [9.17, 15) is 18.7 Å². The molecule has 4 nitrogen and oxygen atoms in total. The number of hydrogen-bond donors (Lipinski definition) is 1. The van der Waals surface area contributed by atoms with Crippen LogP contribution in [-0.4, -0.2) is 54.7 Å². The molecule has 0 aromatic rings. The molecule has 0 bridgehead atoms. The van der Waals surface area contributed by atoms with E-state index in [2.05, 4.69) is 4.74 Å². The molecule has 0 aliphatic carbocycles. The largest absolute Gasteiger partial charge is 0.393 e. The minimum Gasteiger partial charge on any atom is -0.393 e. The first kappa shape index (κ1) is 14.3. The molecule has 0 radical (unpaired) electrons. The number of carbonyl (C=O) groups excluding carboxylic acids is 1. The fourth-order valence-corrected chi connectivity index (χ4v) is 1.85. The van der Waals surface area contributed by atoms with Crippen LogP contribution in [0.3, 0.4) is 0 Å². The van der Waals surface area contributed by atoms with Gasteiger partial charge >= 0.3 is 0 Å². The molecular weight excluding hydrogens is 232 g/mol. The Labute approximate surface area is 99.5 Å². The van der Waals surface area contributed by atoms with E-state index in [1.54, 1.807) is 4.90 Å². The van der Waals surface area contributed by atoms with E-state index in [0.717, 1.165) is 0 Å². The summed E-state index contributed by atoms with van der Waals surface area (Å²) in [7, 11) is 0. The topological polar surface area (TPSA) is 49.8 Å². The van der Waals surface area contributed by atoms with Crippen LogP contribution in [-0.2, 0) is 9.53 Å². The minimum atomic E-state index is -2.49. The maximum Gasteiger partial charge on any atom is 0.261 e. The fraction of sp³-hybridized carbons (Fsp3) is 0.909. The van der Waals surface area contributed by atoms with Crippen LogP contribution in [0.1, 0.15) is 19.8 Å². The van der Waals surface area contributed by atoms with Crippen LogP contribution in [0, 0.1) is 5.92 Å². The first-order valence-electron chi connectivity index (χ1n) is 5.82. The van der Waals surface area contributed by atoms with E-state index in [-0.39, 0.29) is 31.0 Å². The Morgan fingerprint density at radius 3 is 2.88 bits per heavy atom. The van der Waals surface area contributed by atoms with Crippen molar-refractivity contribution in [3.05, 3.63) is 0 Å². The number of aliphatic hydroxyl groups excluding tert-OH is 1. The number of alkyl halides is 2. The van der Waals surface area contributed by atoms with Gasteiger partial charge in [0.2, 0.25) is 5.91 Å². The molecule has 1 rings (SSSR count). The number of amides is 1. The van der Waals surface area contributed by atoms with E-state index >= 15 is 0 Å². The number of ether oxygens (including phenoxy) is 1. The van der Waals surface area contributed by atoms with Gasteiger partial charge in [-0.15, -0.1) is 0 Å². The molecule has 0 aromatic heterocycles. The number of aliphatic hydroxyl groups is 1. The number of carbonyl (C=O) groups is 1. The van der Waals surface area contributed by atoms with Gasteiger partial charge in [0.15, 0.2) is 0 Å². The lowest BCUT2D eigenvalue weighted by atomic mass is 9.96. The Kier molecular flexibility index (Phi) is 5.77. The summed E-state index contributed by atoms with van der Waals surface area (Å²) in [5.74, 6) is -0.0345. The predicted octanol–water partition coefficient (Wildman–Crippen LogP) is 0.888. The highest BCUT2D eigenvalue weighted by molar-refractivity contribution is 5.76. The lowest BCUT2D eigenvalue weighted by Gasteiger charge is -2.34. The molecule has 1 saturated heterocycles. The van der Waals surface area contributed by atoms with Crippen molar-refractivity contribution in [2.24, 2.45) is 5.92 Å². The van der Waals surface area contributed by atoms with E-state index in [1.807, 2.05) is 6.92 Å². The fourth-order valence-electron chi connectivity index (χ4n) is 1.85. The zero-order chi connectivity index (χ0) is 12.8. The van der Waals surface area contributed by atoms with Crippen LogP contribution >= 0.6 is 0 Å². The highest BCUT2D eigenvalue weighted by Crippen LogP contribution is 2.17. The van der Waals surface area contributed by atoms with Crippen molar-refractivity contribution in [3.8, 4) is 0 Å². The molecule has 0 saturated carbocycles. The molecule has 6 heteroatoms. The molecule has 0 aromatic carbocycles. The molecule has 100 valence electrons. The quantitative estimate of drug-likeness (QED) is 0.738. The van der Waals surface area contributed by atoms with Crippen molar-refractivity contribution in [2.45, 2.75) is 32.3 Å². The summed E-state index contributed by atoms with van der Waals surface area (Å²) in [5.41, 5.74) is 0. The molecule has 1 amide bonds. The second kappa shape index (κ2) is 6.86. The van der Waals surface area contributed by atoms with Crippen molar-refractivity contribution in [2.75, 3.05) is 26.3 Å². The van der Waals surface area contributed by atoms with Crippen LogP contribution in [0.15, 0.2) is 0 Å². The molecule has 2 atom stereocenters. The van der Waals surface area contributed by atoms with E-state index in [4.69, 9.17) is 0 Å². The molecule has 1 aliphatic rings. The lowest BCUT2D eigenvalue weighted by molar-refractivity contribution is -0.136. The first-order valence-corrected chi connectivity index (χ1v) is 5.82. The van der Waals surface area contributed by atoms with Crippen LogP contribution in [0.25, 0.3) is 0 Å². The zero-order valence-electron chi connectivity index (χ0n) is 9.94. The van der Waals surface area contributed by atoms with Gasteiger partial charge in [-0.2, -0.15) is 0 Å². The molecular formula is C11H19F2NO3. The summed E-state index contributed by atoms with van der Waals surface area (Å²) in [6, 6.07) is 0. The van der Waals surface area contributed by atoms with Crippen LogP contribution in [0.4, 0.5) is 8.78 Å². The summed E-state index contributed by atoms with van der Waals surface area (Å²) in [5, 5.41) is 9.51. The highest BCUT2D eigenvalue weighted by atomic mass is 19.3. The number of likely N-dealkylation sites (tertiary alicyclic amines) is 1. The van der Waals surface area contributed by atoms with Gasteiger partial charge in [-0.3, -0.25) is 4.79 Å². The summed E-state index contributed by atoms with van der Waals surface area (Å²) >= 11 is 0. The first-order chi connectivity index (χ1) is 8.00. The second-order valence-corrected chi connectivity index (χ2v) is 4.39. The highest BCUT2D eigenvalue weighted by Gasteiger charge is 2.26. The van der Waals surface area contributed by atoms with Crippen molar-refractivity contribution in [1.82, 2.24) is 4.90 Å². The van der Waals surface area contributed by atoms with Crippen LogP contribution < -0.4 is 0 Å². The van der Waals surface area contributed by atoms with Crippen LogP contribution in [0.2, 0.25) is 0 Å². The Morgan fingerprint density at radius 1 is 1.59 bits per heavy atom. The standard InChI is InChI=1S/C11H19F2NO3/c1-8-6-14(4-2-9(8)15)11(16)3-5-17-7-10(12)13/h8-10,15H,2-7H2,1H3. The maximum atomic E-state index is 11.8. The summed E-state index contributed by atoms with van der Waals surface area (Å²) in [4.78, 5) is 13.3. The summed E-state index contributed by atoms with van der Waals surface area (Å²) < 4.78 is 28.2. The molecule has 0 spiro atoms. The van der Waals surface area contributed by atoms with E-state index in [0.29, 0.717) is 19.5 Å². The number of halogens is 2. The average Bonchev–Trinajstić information content (AvgIpc) is 2.27. The zero-order valence-corrected chi connectivity index (χ0v) is 9.94. The molecule has 17 heavy (non-hydrogen) atoms. The normalized spacial score (nSPS) is 25.4. The Hall–Kier alpha value is -0.750. The maximum absolute atomic E-state index is 11.8. The lowest BCUT2D eigenvalue weighted by Crippen LogP contribution is -2.45. The van der Waals surface area contributed by atoms with Crippen molar-refractivity contribution < 1.29 is 23.4 Å². The minimum absolute atomic E-state index is 0.0244. The van der Waals surface area contributed by atoms with Gasteiger partial charge < -0.3 is 14.7 Å². The third kappa shape index (κ3) is 4.95. The van der Waals surface area contributed by atoms with Gasteiger partial charge in [-0.1, -0.05) is 6.92 Å². The monoisotopic (exact) mass is 251 g/mol. The second-order valence-electron chi connectivity index (χ2n) is 4.39. The van der Waals surface area contributed by atoms with E-state index < -0.39 is 13.0 Å². The Morgan fingerprint density at radius 2 is 2.29 bits per heavy atom. The van der Waals surface area contributed by atoms with Gasteiger partial charge in [0, 0.05) is 13.1 Å². The summed E-state index contributed by atoms with van der Waals surface area (Å²) in [6.45, 7) is 2.34. The molecule has 2 unspecified atom stereocenters. The number of hydrogen-bond acceptors (Lipinski definition) is 3. The SMILES string of the molecule is CC1CN(C(=O)CCOCC(F)F)CCC1O. The smallest absolute Gasteiger partial charge is 0.261 e. The van der Waals surface area contributed by atoms with Gasteiger partial charge in [-0.25, -0.2) is 8.78 Å². The Bertz CT molecular complexity index is 251. The van der Waals surface area contributed by atoms with Crippen LogP contribution in [0.5, 0.6) is 0 Å². The molecule has 1 heterocycles. The molecule has 1 N–H and O–H groups in total.